The minimum atomic E-state index is -2.96. The Morgan fingerprint density at radius 1 is 1.53 bits per heavy atom. The predicted molar refractivity (Wildman–Crippen MR) is 67.8 cm³/mol. The Bertz CT molecular complexity index is 354. The summed E-state index contributed by atoms with van der Waals surface area (Å²) in [7, 11) is -1.36. The molecule has 1 rings (SSSR count). The van der Waals surface area contributed by atoms with Crippen molar-refractivity contribution >= 4 is 15.8 Å². The lowest BCUT2D eigenvalue weighted by atomic mass is 10.2. The van der Waals surface area contributed by atoms with E-state index in [-0.39, 0.29) is 23.5 Å². The van der Waals surface area contributed by atoms with Gasteiger partial charge in [0.1, 0.15) is 0 Å². The molecule has 0 spiro atoms. The van der Waals surface area contributed by atoms with Crippen LogP contribution in [0, 0.1) is 0 Å². The molecule has 0 aliphatic carbocycles. The number of rotatable bonds is 5. The zero-order valence-corrected chi connectivity index (χ0v) is 11.0. The molecule has 1 aliphatic rings. The third-order valence-corrected chi connectivity index (χ3v) is 5.05. The van der Waals surface area contributed by atoms with Gasteiger partial charge in [-0.2, -0.15) is 0 Å². The van der Waals surface area contributed by atoms with Crippen LogP contribution in [0.4, 0.5) is 0 Å². The van der Waals surface area contributed by atoms with Gasteiger partial charge in [-0.3, -0.25) is 4.99 Å². The minimum absolute atomic E-state index is 0.258. The maximum atomic E-state index is 11.7. The predicted octanol–water partition coefficient (Wildman–Crippen LogP) is -0.496. The molecule has 1 aliphatic heterocycles. The summed E-state index contributed by atoms with van der Waals surface area (Å²) < 4.78 is 28.3. The lowest BCUT2D eigenvalue weighted by Gasteiger charge is -2.20. The van der Waals surface area contributed by atoms with Gasteiger partial charge in [-0.25, -0.2) is 8.42 Å². The van der Waals surface area contributed by atoms with Gasteiger partial charge in [0.05, 0.1) is 24.2 Å². The fourth-order valence-corrected chi connectivity index (χ4v) is 3.53. The molecule has 1 heterocycles. The molecule has 0 aromatic rings. The summed E-state index contributed by atoms with van der Waals surface area (Å²) in [6.45, 7) is 1.37. The van der Waals surface area contributed by atoms with Crippen LogP contribution in [0.3, 0.4) is 0 Å². The fourth-order valence-electron chi connectivity index (χ4n) is 1.76. The first kappa shape index (κ1) is 14.2. The topological polar surface area (TPSA) is 93.8 Å². The van der Waals surface area contributed by atoms with Crippen molar-refractivity contribution in [2.45, 2.75) is 24.5 Å². The van der Waals surface area contributed by atoms with E-state index in [1.54, 1.807) is 7.11 Å². The molecular weight excluding hydrogens is 242 g/mol. The maximum Gasteiger partial charge on any atom is 0.188 e. The van der Waals surface area contributed by atoms with E-state index in [0.717, 1.165) is 12.8 Å². The number of guanidine groups is 1. The van der Waals surface area contributed by atoms with E-state index in [9.17, 15) is 8.42 Å². The van der Waals surface area contributed by atoms with Crippen molar-refractivity contribution in [1.29, 1.82) is 0 Å². The van der Waals surface area contributed by atoms with Crippen molar-refractivity contribution in [3.8, 4) is 0 Å². The Kier molecular flexibility index (Phi) is 5.70. The van der Waals surface area contributed by atoms with Gasteiger partial charge >= 0.3 is 0 Å². The third kappa shape index (κ3) is 4.91. The van der Waals surface area contributed by atoms with Crippen LogP contribution < -0.4 is 11.1 Å². The van der Waals surface area contributed by atoms with Gasteiger partial charge < -0.3 is 15.8 Å². The van der Waals surface area contributed by atoms with Crippen LogP contribution in [0.2, 0.25) is 0 Å². The van der Waals surface area contributed by atoms with Crippen molar-refractivity contribution < 1.29 is 13.2 Å². The number of sulfone groups is 1. The molecule has 1 saturated heterocycles. The van der Waals surface area contributed by atoms with Crippen molar-refractivity contribution in [1.82, 2.24) is 5.32 Å². The number of hydrogen-bond acceptors (Lipinski definition) is 4. The van der Waals surface area contributed by atoms with E-state index in [0.29, 0.717) is 19.6 Å². The third-order valence-electron chi connectivity index (χ3n) is 2.79. The zero-order chi connectivity index (χ0) is 12.7. The largest absolute Gasteiger partial charge is 0.383 e. The van der Waals surface area contributed by atoms with Gasteiger partial charge in [-0.1, -0.05) is 6.42 Å². The number of aliphatic imine (C=N–C) groups is 1. The second-order valence-electron chi connectivity index (χ2n) is 4.13. The quantitative estimate of drug-likeness (QED) is 0.396. The molecule has 100 valence electrons. The van der Waals surface area contributed by atoms with E-state index in [1.165, 1.54) is 0 Å². The van der Waals surface area contributed by atoms with E-state index >= 15 is 0 Å². The molecule has 0 aromatic heterocycles. The average molecular weight is 263 g/mol. The fraction of sp³-hybridized carbons (Fsp3) is 0.900. The van der Waals surface area contributed by atoms with Crippen LogP contribution in [0.5, 0.6) is 0 Å². The molecule has 0 aromatic carbocycles. The van der Waals surface area contributed by atoms with Crippen LogP contribution in [-0.4, -0.2) is 52.2 Å². The molecular formula is C10H21N3O3S. The highest BCUT2D eigenvalue weighted by molar-refractivity contribution is 7.92. The summed E-state index contributed by atoms with van der Waals surface area (Å²) >= 11 is 0. The molecule has 1 fully saturated rings. The van der Waals surface area contributed by atoms with Crippen LogP contribution in [-0.2, 0) is 14.6 Å². The van der Waals surface area contributed by atoms with E-state index in [4.69, 9.17) is 10.5 Å². The van der Waals surface area contributed by atoms with Crippen molar-refractivity contribution in [2.75, 3.05) is 32.6 Å². The molecule has 0 bridgehead atoms. The lowest BCUT2D eigenvalue weighted by molar-refractivity contribution is 0.204. The highest BCUT2D eigenvalue weighted by Crippen LogP contribution is 2.19. The van der Waals surface area contributed by atoms with Gasteiger partial charge in [0.15, 0.2) is 15.8 Å². The van der Waals surface area contributed by atoms with Crippen LogP contribution >= 0.6 is 0 Å². The standard InChI is InChI=1S/C10H21N3O3S/c1-16-6-5-12-10(11)13-8-9-4-2-3-7-17(9,14)15/h9H,2-8H2,1H3,(H3,11,12,13). The molecule has 1 atom stereocenters. The highest BCUT2D eigenvalue weighted by atomic mass is 32.2. The van der Waals surface area contributed by atoms with Crippen molar-refractivity contribution in [3.63, 3.8) is 0 Å². The monoisotopic (exact) mass is 263 g/mol. The van der Waals surface area contributed by atoms with Gasteiger partial charge in [-0.15, -0.1) is 0 Å². The minimum Gasteiger partial charge on any atom is -0.383 e. The Morgan fingerprint density at radius 3 is 2.94 bits per heavy atom. The first-order valence-corrected chi connectivity index (χ1v) is 7.52. The van der Waals surface area contributed by atoms with Crippen molar-refractivity contribution in [2.24, 2.45) is 10.7 Å². The number of nitrogens with one attached hydrogen (secondary N) is 1. The smallest absolute Gasteiger partial charge is 0.188 e. The SMILES string of the molecule is COCCNC(N)=NCC1CCCCS1(=O)=O. The number of nitrogens with two attached hydrogens (primary N) is 1. The van der Waals surface area contributed by atoms with E-state index in [2.05, 4.69) is 10.3 Å². The summed E-state index contributed by atoms with van der Waals surface area (Å²) in [4.78, 5) is 4.06. The number of hydrogen-bond donors (Lipinski definition) is 2. The first-order valence-electron chi connectivity index (χ1n) is 5.80. The molecule has 0 amide bonds. The Hall–Kier alpha value is -0.820. The van der Waals surface area contributed by atoms with Crippen LogP contribution in [0.1, 0.15) is 19.3 Å². The molecule has 7 heteroatoms. The second-order valence-corrected chi connectivity index (χ2v) is 6.53. The van der Waals surface area contributed by atoms with E-state index in [1.807, 2.05) is 0 Å². The van der Waals surface area contributed by atoms with Crippen LogP contribution in [0.15, 0.2) is 4.99 Å². The summed E-state index contributed by atoms with van der Waals surface area (Å²) in [5.74, 6) is 0.562. The summed E-state index contributed by atoms with van der Waals surface area (Å²) in [5, 5.41) is 2.50. The normalized spacial score (nSPS) is 24.5. The Balaban J connectivity index is 2.40. The molecule has 3 N–H and O–H groups in total. The molecule has 0 radical (unpaired) electrons. The van der Waals surface area contributed by atoms with Crippen LogP contribution in [0.25, 0.3) is 0 Å². The van der Waals surface area contributed by atoms with Gasteiger partial charge in [0.25, 0.3) is 0 Å². The second kappa shape index (κ2) is 6.80. The molecule has 1 unspecified atom stereocenters. The maximum absolute atomic E-state index is 11.7. The van der Waals surface area contributed by atoms with Gasteiger partial charge in [0.2, 0.25) is 0 Å². The number of ether oxygens (including phenoxy) is 1. The Labute approximate surface area is 103 Å². The van der Waals surface area contributed by atoms with Crippen molar-refractivity contribution in [3.05, 3.63) is 0 Å². The Morgan fingerprint density at radius 2 is 2.29 bits per heavy atom. The summed E-state index contributed by atoms with van der Waals surface area (Å²) in [5.41, 5.74) is 5.61. The average Bonchev–Trinajstić information content (AvgIpc) is 2.27. The molecule has 0 saturated carbocycles. The van der Waals surface area contributed by atoms with Gasteiger partial charge in [0, 0.05) is 13.7 Å². The highest BCUT2D eigenvalue weighted by Gasteiger charge is 2.28. The van der Waals surface area contributed by atoms with Gasteiger partial charge in [-0.05, 0) is 12.8 Å². The lowest BCUT2D eigenvalue weighted by Crippen LogP contribution is -2.36. The summed E-state index contributed by atoms with van der Waals surface area (Å²) in [6.07, 6.45) is 2.41. The zero-order valence-electron chi connectivity index (χ0n) is 10.2. The summed E-state index contributed by atoms with van der Waals surface area (Å²) in [6, 6.07) is 0. The van der Waals surface area contributed by atoms with E-state index < -0.39 is 9.84 Å². The first-order chi connectivity index (χ1) is 8.06. The molecule has 6 nitrogen and oxygen atoms in total. The molecule has 17 heavy (non-hydrogen) atoms. The number of methoxy groups -OCH3 is 1. The number of nitrogens with zero attached hydrogens (tertiary/aromatic N) is 1.